The molecule has 1 heterocycles. The van der Waals surface area contributed by atoms with E-state index in [0.717, 1.165) is 21.9 Å². The highest BCUT2D eigenvalue weighted by Gasteiger charge is 2.05. The molecule has 0 saturated heterocycles. The van der Waals surface area contributed by atoms with Crippen LogP contribution in [0.1, 0.15) is 11.1 Å². The first kappa shape index (κ1) is 12.3. The molecule has 0 aliphatic heterocycles. The van der Waals surface area contributed by atoms with Crippen molar-refractivity contribution >= 4 is 27.5 Å². The van der Waals surface area contributed by atoms with Crippen molar-refractivity contribution in [1.82, 2.24) is 9.97 Å². The molecule has 0 radical (unpaired) electrons. The van der Waals surface area contributed by atoms with Crippen LogP contribution in [0.15, 0.2) is 29.1 Å². The number of aromatic nitrogens is 2. The zero-order chi connectivity index (χ0) is 12.4. The minimum Gasteiger partial charge on any atom is -0.439 e. The summed E-state index contributed by atoms with van der Waals surface area (Å²) < 4.78 is 6.32. The van der Waals surface area contributed by atoms with Crippen LogP contribution in [0.4, 0.5) is 0 Å². The fourth-order valence-corrected chi connectivity index (χ4v) is 1.86. The van der Waals surface area contributed by atoms with Crippen LogP contribution in [0.25, 0.3) is 0 Å². The Kier molecular flexibility index (Phi) is 3.64. The molecule has 0 fully saturated rings. The maximum Gasteiger partial charge on any atom is 0.223 e. The first-order valence-electron chi connectivity index (χ1n) is 4.98. The lowest BCUT2D eigenvalue weighted by atomic mass is 10.1. The van der Waals surface area contributed by atoms with E-state index < -0.39 is 0 Å². The van der Waals surface area contributed by atoms with Crippen molar-refractivity contribution < 1.29 is 4.74 Å². The summed E-state index contributed by atoms with van der Waals surface area (Å²) >= 11 is 9.35. The Hall–Kier alpha value is -1.13. The van der Waals surface area contributed by atoms with Gasteiger partial charge in [0.25, 0.3) is 0 Å². The third-order valence-electron chi connectivity index (χ3n) is 2.24. The fourth-order valence-electron chi connectivity index (χ4n) is 1.46. The Morgan fingerprint density at radius 3 is 2.35 bits per heavy atom. The van der Waals surface area contributed by atoms with Gasteiger partial charge in [-0.3, -0.25) is 0 Å². The van der Waals surface area contributed by atoms with Crippen molar-refractivity contribution in [3.63, 3.8) is 0 Å². The lowest BCUT2D eigenvalue weighted by Crippen LogP contribution is -1.91. The lowest BCUT2D eigenvalue weighted by Gasteiger charge is -2.08. The zero-order valence-corrected chi connectivity index (χ0v) is 11.7. The fraction of sp³-hybridized carbons (Fsp3) is 0.167. The second-order valence-corrected chi connectivity index (χ2v) is 4.84. The third-order valence-corrected chi connectivity index (χ3v) is 3.27. The van der Waals surface area contributed by atoms with Crippen LogP contribution in [0.5, 0.6) is 11.6 Å². The van der Waals surface area contributed by atoms with Gasteiger partial charge in [0.15, 0.2) is 0 Å². The van der Waals surface area contributed by atoms with Crippen LogP contribution >= 0.6 is 27.5 Å². The second-order valence-electron chi connectivity index (χ2n) is 3.65. The number of benzene rings is 1. The molecular weight excluding hydrogens is 304 g/mol. The van der Waals surface area contributed by atoms with Gasteiger partial charge in [0.05, 0.1) is 0 Å². The molecule has 0 aliphatic carbocycles. The summed E-state index contributed by atoms with van der Waals surface area (Å²) in [5.41, 5.74) is 1.96. The predicted molar refractivity (Wildman–Crippen MR) is 70.7 cm³/mol. The molecule has 0 spiro atoms. The normalized spacial score (nSPS) is 10.4. The molecule has 0 unspecified atom stereocenters. The molecule has 0 atom stereocenters. The molecule has 5 heteroatoms. The molecule has 3 nitrogen and oxygen atoms in total. The van der Waals surface area contributed by atoms with Gasteiger partial charge in [0.2, 0.25) is 5.88 Å². The highest BCUT2D eigenvalue weighted by Crippen LogP contribution is 2.28. The summed E-state index contributed by atoms with van der Waals surface area (Å²) in [5, 5.41) is 0.765. The summed E-state index contributed by atoms with van der Waals surface area (Å²) in [6.07, 6.45) is 1.44. The highest BCUT2D eigenvalue weighted by molar-refractivity contribution is 9.10. The summed E-state index contributed by atoms with van der Waals surface area (Å²) in [4.78, 5) is 7.96. The van der Waals surface area contributed by atoms with Crippen LogP contribution in [-0.4, -0.2) is 9.97 Å². The van der Waals surface area contributed by atoms with Crippen molar-refractivity contribution in [2.24, 2.45) is 0 Å². The van der Waals surface area contributed by atoms with Gasteiger partial charge in [-0.1, -0.05) is 11.6 Å². The molecule has 1 aromatic heterocycles. The lowest BCUT2D eigenvalue weighted by molar-refractivity contribution is 0.460. The van der Waals surface area contributed by atoms with E-state index in [1.54, 1.807) is 6.07 Å². The SMILES string of the molecule is Cc1cc(Oc2cc(Br)ncn2)cc(C)c1Cl. The summed E-state index contributed by atoms with van der Waals surface area (Å²) in [6.45, 7) is 3.89. The van der Waals surface area contributed by atoms with E-state index in [0.29, 0.717) is 10.5 Å². The number of halogens is 2. The van der Waals surface area contributed by atoms with E-state index in [1.807, 2.05) is 26.0 Å². The van der Waals surface area contributed by atoms with E-state index in [2.05, 4.69) is 25.9 Å². The van der Waals surface area contributed by atoms with Crippen molar-refractivity contribution in [1.29, 1.82) is 0 Å². The van der Waals surface area contributed by atoms with Gasteiger partial charge in [-0.05, 0) is 53.0 Å². The van der Waals surface area contributed by atoms with Crippen LogP contribution in [-0.2, 0) is 0 Å². The van der Waals surface area contributed by atoms with E-state index in [9.17, 15) is 0 Å². The van der Waals surface area contributed by atoms with E-state index >= 15 is 0 Å². The predicted octanol–water partition coefficient (Wildman–Crippen LogP) is 4.30. The average molecular weight is 314 g/mol. The third kappa shape index (κ3) is 2.96. The number of hydrogen-bond acceptors (Lipinski definition) is 3. The highest BCUT2D eigenvalue weighted by atomic mass is 79.9. The van der Waals surface area contributed by atoms with Crippen LogP contribution in [0, 0.1) is 13.8 Å². The van der Waals surface area contributed by atoms with Crippen LogP contribution in [0.3, 0.4) is 0 Å². The first-order valence-corrected chi connectivity index (χ1v) is 6.15. The molecule has 2 aromatic rings. The standard InChI is InChI=1S/C12H10BrClN2O/c1-7-3-9(4-8(2)12(7)14)17-11-5-10(13)15-6-16-11/h3-6H,1-2H3. The molecule has 0 saturated carbocycles. The molecule has 0 bridgehead atoms. The summed E-state index contributed by atoms with van der Waals surface area (Å²) in [7, 11) is 0. The average Bonchev–Trinajstić information content (AvgIpc) is 2.26. The van der Waals surface area contributed by atoms with Crippen LogP contribution < -0.4 is 4.74 Å². The Labute approximate surface area is 113 Å². The quantitative estimate of drug-likeness (QED) is 0.775. The molecule has 17 heavy (non-hydrogen) atoms. The largest absolute Gasteiger partial charge is 0.439 e. The van der Waals surface area contributed by atoms with Gasteiger partial charge in [-0.2, -0.15) is 0 Å². The summed E-state index contributed by atoms with van der Waals surface area (Å²) in [6, 6.07) is 5.47. The van der Waals surface area contributed by atoms with Gasteiger partial charge < -0.3 is 4.74 Å². The van der Waals surface area contributed by atoms with Gasteiger partial charge >= 0.3 is 0 Å². The monoisotopic (exact) mass is 312 g/mol. The topological polar surface area (TPSA) is 35.0 Å². The number of rotatable bonds is 2. The minimum absolute atomic E-state index is 0.494. The minimum atomic E-state index is 0.494. The molecule has 0 aliphatic rings. The van der Waals surface area contributed by atoms with Gasteiger partial charge in [-0.25, -0.2) is 9.97 Å². The number of hydrogen-bond donors (Lipinski definition) is 0. The molecule has 2 rings (SSSR count). The molecular formula is C12H10BrClN2O. The second kappa shape index (κ2) is 5.02. The van der Waals surface area contributed by atoms with Crippen LogP contribution in [0.2, 0.25) is 5.02 Å². The number of nitrogens with zero attached hydrogens (tertiary/aromatic N) is 2. The van der Waals surface area contributed by atoms with Crippen molar-refractivity contribution in [3.05, 3.63) is 45.3 Å². The summed E-state index contributed by atoms with van der Waals surface area (Å²) in [5.74, 6) is 1.21. The molecule has 0 N–H and O–H groups in total. The van der Waals surface area contributed by atoms with Crippen molar-refractivity contribution in [2.75, 3.05) is 0 Å². The Balaban J connectivity index is 2.31. The zero-order valence-electron chi connectivity index (χ0n) is 9.37. The van der Waals surface area contributed by atoms with Crippen molar-refractivity contribution in [3.8, 4) is 11.6 Å². The Morgan fingerprint density at radius 2 is 1.76 bits per heavy atom. The van der Waals surface area contributed by atoms with E-state index in [4.69, 9.17) is 16.3 Å². The molecule has 0 amide bonds. The van der Waals surface area contributed by atoms with Crippen molar-refractivity contribution in [2.45, 2.75) is 13.8 Å². The smallest absolute Gasteiger partial charge is 0.223 e. The van der Waals surface area contributed by atoms with Gasteiger partial charge in [0.1, 0.15) is 16.7 Å². The first-order chi connectivity index (χ1) is 8.06. The van der Waals surface area contributed by atoms with E-state index in [1.165, 1.54) is 6.33 Å². The Morgan fingerprint density at radius 1 is 1.12 bits per heavy atom. The maximum absolute atomic E-state index is 6.09. The number of aryl methyl sites for hydroxylation is 2. The van der Waals surface area contributed by atoms with E-state index in [-0.39, 0.29) is 0 Å². The van der Waals surface area contributed by atoms with Gasteiger partial charge in [0, 0.05) is 11.1 Å². The Bertz CT molecular complexity index is 537. The number of ether oxygens (including phenoxy) is 1. The van der Waals surface area contributed by atoms with Gasteiger partial charge in [-0.15, -0.1) is 0 Å². The molecule has 88 valence electrons. The molecule has 1 aromatic carbocycles. The maximum atomic E-state index is 6.09.